The number of rotatable bonds is 3. The monoisotopic (exact) mass is 153 g/mol. The lowest BCUT2D eigenvalue weighted by atomic mass is 10.5. The molecule has 0 bridgehead atoms. The predicted molar refractivity (Wildman–Crippen MR) is 30.5 cm³/mol. The molecule has 0 rings (SSSR count). The van der Waals surface area contributed by atoms with Gasteiger partial charge in [-0.15, -0.1) is 0 Å². The minimum atomic E-state index is -2.50. The van der Waals surface area contributed by atoms with Crippen molar-refractivity contribution in [2.75, 3.05) is 6.54 Å². The Labute approximate surface area is 54.7 Å². The normalized spacial score (nSPS) is 12.7. The summed E-state index contributed by atoms with van der Waals surface area (Å²) in [6.45, 7) is 0.121. The van der Waals surface area contributed by atoms with E-state index in [-0.39, 0.29) is 13.0 Å². The van der Waals surface area contributed by atoms with Crippen molar-refractivity contribution < 1.29 is 17.7 Å². The molecule has 54 valence electrons. The molecule has 0 aliphatic carbocycles. The van der Waals surface area contributed by atoms with Gasteiger partial charge in [-0.25, -0.2) is 0 Å². The topological polar surface area (TPSA) is 89.6 Å². The van der Waals surface area contributed by atoms with E-state index >= 15 is 0 Å². The van der Waals surface area contributed by atoms with Crippen LogP contribution in [0.4, 0.5) is 0 Å². The Morgan fingerprint density at radius 1 is 1.78 bits per heavy atom. The Hall–Kier alpha value is -0.460. The highest BCUT2D eigenvalue weighted by Gasteiger charge is 2.03. The van der Waals surface area contributed by atoms with Crippen molar-refractivity contribution in [1.82, 2.24) is 0 Å². The van der Waals surface area contributed by atoms with Crippen LogP contribution < -0.4 is 5.73 Å². The predicted octanol–water partition coefficient (Wildman–Crippen LogP) is -0.985. The molecule has 0 spiro atoms. The van der Waals surface area contributed by atoms with Gasteiger partial charge in [0.2, 0.25) is 0 Å². The number of carbonyl (C=O) groups excluding carboxylic acids is 1. The summed E-state index contributed by atoms with van der Waals surface area (Å²) in [5, 5.41) is 0. The molecule has 9 heavy (non-hydrogen) atoms. The van der Waals surface area contributed by atoms with E-state index in [2.05, 4.69) is 4.18 Å². The number of hydrogen-bond donors (Lipinski definition) is 2. The van der Waals surface area contributed by atoms with E-state index < -0.39 is 17.3 Å². The van der Waals surface area contributed by atoms with Crippen molar-refractivity contribution in [3.63, 3.8) is 0 Å². The summed E-state index contributed by atoms with van der Waals surface area (Å²) in [7, 11) is 0. The van der Waals surface area contributed by atoms with Gasteiger partial charge in [0, 0.05) is 6.54 Å². The van der Waals surface area contributed by atoms with E-state index in [0.717, 1.165) is 0 Å². The van der Waals surface area contributed by atoms with Crippen LogP contribution in [0.3, 0.4) is 0 Å². The minimum Gasteiger partial charge on any atom is -0.343 e. The first-order valence-corrected chi connectivity index (χ1v) is 3.22. The number of carbonyl (C=O) groups is 1. The highest BCUT2D eigenvalue weighted by molar-refractivity contribution is 7.74. The maximum Gasteiger partial charge on any atom is 0.360 e. The van der Waals surface area contributed by atoms with Crippen LogP contribution >= 0.6 is 0 Å². The molecule has 1 unspecified atom stereocenters. The Morgan fingerprint density at radius 2 is 2.33 bits per heavy atom. The van der Waals surface area contributed by atoms with Crippen LogP contribution in [-0.4, -0.2) is 21.3 Å². The average molecular weight is 153 g/mol. The molecule has 0 amide bonds. The molecule has 0 saturated carbocycles. The average Bonchev–Trinajstić information content (AvgIpc) is 1.63. The molecule has 1 atom stereocenters. The zero-order valence-corrected chi connectivity index (χ0v) is 5.39. The van der Waals surface area contributed by atoms with Gasteiger partial charge in [0.25, 0.3) is 0 Å². The molecule has 6 heteroatoms. The summed E-state index contributed by atoms with van der Waals surface area (Å²) >= 11 is -2.50. The Kier molecular flexibility index (Phi) is 4.20. The van der Waals surface area contributed by atoms with Crippen molar-refractivity contribution in [3.8, 4) is 0 Å². The first-order valence-electron chi connectivity index (χ1n) is 2.19. The molecule has 5 nitrogen and oxygen atoms in total. The fourth-order valence-corrected chi connectivity index (χ4v) is 0.481. The molecule has 0 saturated heterocycles. The minimum absolute atomic E-state index is 0.0354. The van der Waals surface area contributed by atoms with Crippen molar-refractivity contribution in [2.45, 2.75) is 6.42 Å². The van der Waals surface area contributed by atoms with Crippen LogP contribution in [0.5, 0.6) is 0 Å². The van der Waals surface area contributed by atoms with Gasteiger partial charge in [-0.05, 0) is 0 Å². The summed E-state index contributed by atoms with van der Waals surface area (Å²) in [6.07, 6.45) is -0.0354. The van der Waals surface area contributed by atoms with Gasteiger partial charge in [0.1, 0.15) is 0 Å². The first-order chi connectivity index (χ1) is 4.16. The van der Waals surface area contributed by atoms with Gasteiger partial charge in [-0.3, -0.25) is 9.35 Å². The second-order valence-electron chi connectivity index (χ2n) is 1.21. The number of nitrogens with two attached hydrogens (primary N) is 1. The Balaban J connectivity index is 3.39. The molecule has 0 aromatic carbocycles. The zero-order valence-electron chi connectivity index (χ0n) is 4.57. The molecular weight excluding hydrogens is 146 g/mol. The zero-order chi connectivity index (χ0) is 7.28. The third-order valence-corrected chi connectivity index (χ3v) is 0.841. The van der Waals surface area contributed by atoms with Gasteiger partial charge < -0.3 is 9.92 Å². The molecule has 0 aliphatic heterocycles. The lowest BCUT2D eigenvalue weighted by molar-refractivity contribution is -0.133. The van der Waals surface area contributed by atoms with Crippen molar-refractivity contribution in [1.29, 1.82) is 0 Å². The largest absolute Gasteiger partial charge is 0.360 e. The summed E-state index contributed by atoms with van der Waals surface area (Å²) in [5.41, 5.74) is 4.92. The fourth-order valence-electron chi connectivity index (χ4n) is 0.239. The third-order valence-electron chi connectivity index (χ3n) is 0.513. The van der Waals surface area contributed by atoms with E-state index in [1.807, 2.05) is 0 Å². The van der Waals surface area contributed by atoms with Crippen molar-refractivity contribution in [3.05, 3.63) is 0 Å². The maximum absolute atomic E-state index is 10.2. The van der Waals surface area contributed by atoms with Crippen LogP contribution in [0.25, 0.3) is 0 Å². The van der Waals surface area contributed by atoms with Crippen LogP contribution in [0.2, 0.25) is 0 Å². The summed E-state index contributed by atoms with van der Waals surface area (Å²) in [5.74, 6) is -0.765. The van der Waals surface area contributed by atoms with Crippen molar-refractivity contribution >= 4 is 17.3 Å². The summed E-state index contributed by atoms with van der Waals surface area (Å²) in [4.78, 5) is 10.2. The van der Waals surface area contributed by atoms with E-state index in [1.165, 1.54) is 0 Å². The molecule has 0 aliphatic rings. The quantitative estimate of drug-likeness (QED) is 0.508. The lowest BCUT2D eigenvalue weighted by Crippen LogP contribution is -2.11. The van der Waals surface area contributed by atoms with Gasteiger partial charge in [0.15, 0.2) is 0 Å². The van der Waals surface area contributed by atoms with E-state index in [4.69, 9.17) is 10.3 Å². The van der Waals surface area contributed by atoms with Crippen molar-refractivity contribution in [2.24, 2.45) is 5.73 Å². The highest BCUT2D eigenvalue weighted by Crippen LogP contribution is 1.85. The summed E-state index contributed by atoms with van der Waals surface area (Å²) < 4.78 is 21.4. The standard InChI is InChI=1S/C3H7NO4S/c4-2-1-3(5)8-9(6)7/h1-2,4H2,(H,6,7). The van der Waals surface area contributed by atoms with Gasteiger partial charge in [0.05, 0.1) is 6.42 Å². The van der Waals surface area contributed by atoms with Crippen LogP contribution in [0.15, 0.2) is 0 Å². The molecule has 0 heterocycles. The second kappa shape index (κ2) is 4.42. The molecular formula is C3H7NO4S. The van der Waals surface area contributed by atoms with E-state index in [9.17, 15) is 9.00 Å². The third kappa shape index (κ3) is 5.41. The van der Waals surface area contributed by atoms with Crippen LogP contribution in [-0.2, 0) is 20.3 Å². The lowest BCUT2D eigenvalue weighted by Gasteiger charge is -1.93. The maximum atomic E-state index is 10.2. The van der Waals surface area contributed by atoms with E-state index in [0.29, 0.717) is 0 Å². The highest BCUT2D eigenvalue weighted by atomic mass is 32.2. The van der Waals surface area contributed by atoms with Gasteiger partial charge >= 0.3 is 17.3 Å². The number of hydrogen-bond acceptors (Lipinski definition) is 4. The van der Waals surface area contributed by atoms with Crippen LogP contribution in [0, 0.1) is 0 Å². The molecule has 0 radical (unpaired) electrons. The molecule has 3 N–H and O–H groups in total. The molecule has 0 fully saturated rings. The first kappa shape index (κ1) is 8.54. The molecule has 0 aromatic heterocycles. The smallest absolute Gasteiger partial charge is 0.343 e. The summed E-state index contributed by atoms with van der Waals surface area (Å²) in [6, 6.07) is 0. The SMILES string of the molecule is NCCC(=O)OS(=O)O. The molecule has 0 aromatic rings. The van der Waals surface area contributed by atoms with Crippen LogP contribution in [0.1, 0.15) is 6.42 Å². The Bertz CT molecular complexity index is 125. The second-order valence-corrected chi connectivity index (χ2v) is 1.81. The Morgan fingerprint density at radius 3 is 2.67 bits per heavy atom. The van der Waals surface area contributed by atoms with Gasteiger partial charge in [-0.2, -0.15) is 4.21 Å². The van der Waals surface area contributed by atoms with E-state index in [1.54, 1.807) is 0 Å². The van der Waals surface area contributed by atoms with Gasteiger partial charge in [-0.1, -0.05) is 0 Å². The fraction of sp³-hybridized carbons (Fsp3) is 0.667.